The van der Waals surface area contributed by atoms with E-state index in [1.165, 1.54) is 3.97 Å². The van der Waals surface area contributed by atoms with Crippen LogP contribution in [0.1, 0.15) is 18.2 Å². The molecule has 0 bridgehead atoms. The summed E-state index contributed by atoms with van der Waals surface area (Å²) in [4.78, 5) is 2.66. The fourth-order valence-electron chi connectivity index (χ4n) is 3.77. The number of nitrogens with one attached hydrogen (secondary N) is 1. The minimum atomic E-state index is -3.64. The van der Waals surface area contributed by atoms with E-state index in [-0.39, 0.29) is 0 Å². The van der Waals surface area contributed by atoms with Gasteiger partial charge in [0.05, 0.1) is 10.4 Å². The van der Waals surface area contributed by atoms with Crippen LogP contribution in [0.15, 0.2) is 53.4 Å². The molecule has 0 amide bonds. The Morgan fingerprint density at radius 3 is 2.41 bits per heavy atom. The maximum atomic E-state index is 13.4. The normalized spacial score (nSPS) is 15.4. The van der Waals surface area contributed by atoms with E-state index in [0.717, 1.165) is 54.0 Å². The third-order valence-corrected chi connectivity index (χ3v) is 7.01. The van der Waals surface area contributed by atoms with Gasteiger partial charge in [-0.1, -0.05) is 30.7 Å². The predicted molar refractivity (Wildman–Crippen MR) is 110 cm³/mol. The van der Waals surface area contributed by atoms with Crippen molar-refractivity contribution in [2.24, 2.45) is 0 Å². The van der Waals surface area contributed by atoms with Crippen LogP contribution >= 0.6 is 0 Å². The quantitative estimate of drug-likeness (QED) is 0.752. The maximum Gasteiger partial charge on any atom is 0.268 e. The lowest BCUT2D eigenvalue weighted by atomic mass is 10.1. The van der Waals surface area contributed by atoms with Gasteiger partial charge in [0.1, 0.15) is 0 Å². The highest BCUT2D eigenvalue weighted by atomic mass is 32.2. The second kappa shape index (κ2) is 7.02. The number of hydrogen-bond donors (Lipinski definition) is 1. The van der Waals surface area contributed by atoms with Crippen LogP contribution in [0, 0.1) is 6.92 Å². The van der Waals surface area contributed by atoms with Crippen molar-refractivity contribution in [2.45, 2.75) is 25.2 Å². The van der Waals surface area contributed by atoms with Crippen LogP contribution in [-0.2, 0) is 16.4 Å². The molecule has 1 N–H and O–H groups in total. The van der Waals surface area contributed by atoms with Crippen LogP contribution in [-0.4, -0.2) is 38.6 Å². The molecule has 0 unspecified atom stereocenters. The van der Waals surface area contributed by atoms with Crippen molar-refractivity contribution in [1.82, 2.24) is 9.29 Å². The SMILES string of the molecule is CCc1cc2c(N3CCNCC3)cccc2n1S(=O)(=O)c1ccc(C)cc1. The first-order chi connectivity index (χ1) is 13.0. The van der Waals surface area contributed by atoms with E-state index in [1.54, 1.807) is 12.1 Å². The molecule has 1 fully saturated rings. The Labute approximate surface area is 160 Å². The Kier molecular flexibility index (Phi) is 4.70. The van der Waals surface area contributed by atoms with E-state index in [9.17, 15) is 8.42 Å². The van der Waals surface area contributed by atoms with Gasteiger partial charge in [-0.2, -0.15) is 0 Å². The summed E-state index contributed by atoms with van der Waals surface area (Å²) in [6, 6.07) is 15.1. The van der Waals surface area contributed by atoms with Crippen molar-refractivity contribution in [3.05, 3.63) is 59.8 Å². The van der Waals surface area contributed by atoms with Gasteiger partial charge in [0, 0.05) is 42.9 Å². The summed E-state index contributed by atoms with van der Waals surface area (Å²) in [5.74, 6) is 0. The standard InChI is InChI=1S/C21H25N3O2S/c1-3-17-15-19-20(23-13-11-22-12-14-23)5-4-6-21(19)24(17)27(25,26)18-9-7-16(2)8-10-18/h4-10,15,22H,3,11-14H2,1-2H3. The molecule has 0 saturated carbocycles. The fraction of sp³-hybridized carbons (Fsp3) is 0.333. The van der Waals surface area contributed by atoms with Gasteiger partial charge in [-0.25, -0.2) is 12.4 Å². The van der Waals surface area contributed by atoms with Gasteiger partial charge in [0.25, 0.3) is 10.0 Å². The average molecular weight is 384 g/mol. The monoisotopic (exact) mass is 383 g/mol. The van der Waals surface area contributed by atoms with Crippen molar-refractivity contribution in [1.29, 1.82) is 0 Å². The summed E-state index contributed by atoms with van der Waals surface area (Å²) in [6.07, 6.45) is 0.654. The largest absolute Gasteiger partial charge is 0.368 e. The second-order valence-electron chi connectivity index (χ2n) is 7.02. The number of aryl methyl sites for hydroxylation is 2. The number of rotatable bonds is 4. The molecule has 0 atom stereocenters. The van der Waals surface area contributed by atoms with Gasteiger partial charge >= 0.3 is 0 Å². The fourth-order valence-corrected chi connectivity index (χ4v) is 5.37. The second-order valence-corrected chi connectivity index (χ2v) is 8.81. The van der Waals surface area contributed by atoms with Gasteiger partial charge in [0.15, 0.2) is 0 Å². The van der Waals surface area contributed by atoms with Crippen LogP contribution < -0.4 is 10.2 Å². The summed E-state index contributed by atoms with van der Waals surface area (Å²) in [6.45, 7) is 7.70. The highest BCUT2D eigenvalue weighted by molar-refractivity contribution is 7.90. The molecule has 0 radical (unpaired) electrons. The molecule has 142 valence electrons. The van der Waals surface area contributed by atoms with Crippen molar-refractivity contribution in [2.75, 3.05) is 31.1 Å². The molecular formula is C21H25N3O2S. The molecule has 4 rings (SSSR count). The summed E-state index contributed by atoms with van der Waals surface area (Å²) in [5, 5.41) is 4.37. The molecule has 2 aromatic carbocycles. The zero-order chi connectivity index (χ0) is 19.0. The summed E-state index contributed by atoms with van der Waals surface area (Å²) in [5.41, 5.74) is 3.72. The smallest absolute Gasteiger partial charge is 0.268 e. The first-order valence-corrected chi connectivity index (χ1v) is 10.9. The van der Waals surface area contributed by atoms with Crippen LogP contribution in [0.5, 0.6) is 0 Å². The number of hydrogen-bond acceptors (Lipinski definition) is 4. The first-order valence-electron chi connectivity index (χ1n) is 9.43. The minimum Gasteiger partial charge on any atom is -0.368 e. The molecule has 27 heavy (non-hydrogen) atoms. The molecule has 1 saturated heterocycles. The maximum absolute atomic E-state index is 13.4. The van der Waals surface area contributed by atoms with Crippen molar-refractivity contribution >= 4 is 26.6 Å². The number of anilines is 1. The highest BCUT2D eigenvalue weighted by Gasteiger charge is 2.24. The highest BCUT2D eigenvalue weighted by Crippen LogP contribution is 2.33. The average Bonchev–Trinajstić information content (AvgIpc) is 3.08. The molecule has 2 heterocycles. The van der Waals surface area contributed by atoms with Crippen molar-refractivity contribution < 1.29 is 8.42 Å². The first kappa shape index (κ1) is 18.1. The molecule has 6 heteroatoms. The number of aromatic nitrogens is 1. The number of benzene rings is 2. The molecule has 3 aromatic rings. The minimum absolute atomic E-state index is 0.327. The van der Waals surface area contributed by atoms with Gasteiger partial charge in [-0.15, -0.1) is 0 Å². The zero-order valence-corrected chi connectivity index (χ0v) is 16.6. The van der Waals surface area contributed by atoms with Gasteiger partial charge in [-0.3, -0.25) is 0 Å². The van der Waals surface area contributed by atoms with Crippen LogP contribution in [0.2, 0.25) is 0 Å². The van der Waals surface area contributed by atoms with Crippen LogP contribution in [0.25, 0.3) is 10.9 Å². The number of fused-ring (bicyclic) bond motifs is 1. The van der Waals surface area contributed by atoms with E-state index in [4.69, 9.17) is 0 Å². The van der Waals surface area contributed by atoms with Crippen molar-refractivity contribution in [3.63, 3.8) is 0 Å². The third-order valence-electron chi connectivity index (χ3n) is 5.23. The molecule has 0 spiro atoms. The van der Waals surface area contributed by atoms with Crippen LogP contribution in [0.3, 0.4) is 0 Å². The summed E-state index contributed by atoms with van der Waals surface area (Å²) < 4.78 is 28.4. The number of piperazine rings is 1. The van der Waals surface area contributed by atoms with Gasteiger partial charge in [0.2, 0.25) is 0 Å². The zero-order valence-electron chi connectivity index (χ0n) is 15.8. The Morgan fingerprint density at radius 1 is 1.04 bits per heavy atom. The van der Waals surface area contributed by atoms with Crippen molar-refractivity contribution in [3.8, 4) is 0 Å². The lowest BCUT2D eigenvalue weighted by Gasteiger charge is -2.30. The molecule has 1 aliphatic rings. The predicted octanol–water partition coefficient (Wildman–Crippen LogP) is 3.16. The Bertz CT molecular complexity index is 1060. The van der Waals surface area contributed by atoms with E-state index in [0.29, 0.717) is 11.3 Å². The third kappa shape index (κ3) is 3.13. The Morgan fingerprint density at radius 2 is 1.74 bits per heavy atom. The molecule has 1 aliphatic heterocycles. The Balaban J connectivity index is 1.91. The molecular weight excluding hydrogens is 358 g/mol. The van der Waals surface area contributed by atoms with E-state index >= 15 is 0 Å². The van der Waals surface area contributed by atoms with E-state index < -0.39 is 10.0 Å². The lowest BCUT2D eigenvalue weighted by Crippen LogP contribution is -2.43. The van der Waals surface area contributed by atoms with Crippen LogP contribution in [0.4, 0.5) is 5.69 Å². The lowest BCUT2D eigenvalue weighted by molar-refractivity contribution is 0.587. The van der Waals surface area contributed by atoms with Gasteiger partial charge < -0.3 is 10.2 Å². The molecule has 5 nitrogen and oxygen atoms in total. The number of nitrogens with zero attached hydrogens (tertiary/aromatic N) is 2. The molecule has 0 aliphatic carbocycles. The van der Waals surface area contributed by atoms with E-state index in [1.807, 2.05) is 44.2 Å². The van der Waals surface area contributed by atoms with E-state index in [2.05, 4.69) is 16.3 Å². The summed E-state index contributed by atoms with van der Waals surface area (Å²) in [7, 11) is -3.64. The topological polar surface area (TPSA) is 54.3 Å². The van der Waals surface area contributed by atoms with Gasteiger partial charge in [-0.05, 0) is 43.7 Å². The Hall–Kier alpha value is -2.31. The summed E-state index contributed by atoms with van der Waals surface area (Å²) >= 11 is 0. The molecule has 1 aromatic heterocycles.